The van der Waals surface area contributed by atoms with Gasteiger partial charge in [0.25, 0.3) is 0 Å². The zero-order chi connectivity index (χ0) is 26.2. The normalized spacial score (nSPS) is 14.2. The molecule has 0 saturated carbocycles. The molecule has 4 aromatic heterocycles. The minimum Gasteiger partial charge on any atom is -0.354 e. The Kier molecular flexibility index (Phi) is 6.05. The van der Waals surface area contributed by atoms with Gasteiger partial charge in [-0.1, -0.05) is 0 Å². The van der Waals surface area contributed by atoms with E-state index < -0.39 is 5.82 Å². The molecule has 5 heterocycles. The lowest BCUT2D eigenvalue weighted by Crippen LogP contribution is -2.46. The third kappa shape index (κ3) is 4.48. The van der Waals surface area contributed by atoms with Crippen molar-refractivity contribution in [2.45, 2.75) is 6.54 Å². The molecular weight excluding hydrogens is 486 g/mol. The van der Waals surface area contributed by atoms with E-state index in [1.54, 1.807) is 21.6 Å². The molecule has 1 aliphatic heterocycles. The third-order valence-electron chi connectivity index (χ3n) is 6.93. The molecule has 1 aliphatic rings. The van der Waals surface area contributed by atoms with E-state index in [4.69, 9.17) is 4.98 Å². The Morgan fingerprint density at radius 2 is 1.74 bits per heavy atom. The van der Waals surface area contributed by atoms with Crippen LogP contribution in [0, 0.1) is 23.0 Å². The first kappa shape index (κ1) is 23.8. The van der Waals surface area contributed by atoms with Gasteiger partial charge < -0.3 is 4.90 Å². The number of rotatable bonds is 5. The van der Waals surface area contributed by atoms with Gasteiger partial charge >= 0.3 is 0 Å². The van der Waals surface area contributed by atoms with Gasteiger partial charge in [-0.25, -0.2) is 18.3 Å². The number of halogens is 2. The summed E-state index contributed by atoms with van der Waals surface area (Å²) in [5, 5.41) is 18.3. The minimum absolute atomic E-state index is 0.373. The number of aryl methyl sites for hydroxylation is 1. The number of hydrogen-bond acceptors (Lipinski definition) is 6. The highest BCUT2D eigenvalue weighted by atomic mass is 19.1. The van der Waals surface area contributed by atoms with Gasteiger partial charge in [0, 0.05) is 86.2 Å². The second kappa shape index (κ2) is 9.68. The van der Waals surface area contributed by atoms with Crippen molar-refractivity contribution < 1.29 is 8.78 Å². The van der Waals surface area contributed by atoms with E-state index in [0.717, 1.165) is 52.7 Å². The van der Waals surface area contributed by atoms with Crippen molar-refractivity contribution in [3.8, 4) is 28.3 Å². The molecule has 1 fully saturated rings. The summed E-state index contributed by atoms with van der Waals surface area (Å²) in [6.45, 7) is 3.26. The predicted octanol–water partition coefficient (Wildman–Crippen LogP) is 4.27. The van der Waals surface area contributed by atoms with E-state index in [9.17, 15) is 14.0 Å². The van der Waals surface area contributed by atoms with Crippen LogP contribution in [0.5, 0.6) is 0 Å². The third-order valence-corrected chi connectivity index (χ3v) is 6.93. The highest BCUT2D eigenvalue weighted by molar-refractivity contribution is 5.87. The van der Waals surface area contributed by atoms with Gasteiger partial charge in [-0.2, -0.15) is 15.5 Å². The van der Waals surface area contributed by atoms with Gasteiger partial charge in [0.15, 0.2) is 0 Å². The van der Waals surface area contributed by atoms with Gasteiger partial charge in [0.2, 0.25) is 0 Å². The molecular formula is C28H24F2N8. The number of benzene rings is 1. The van der Waals surface area contributed by atoms with Crippen molar-refractivity contribution in [2.75, 3.05) is 31.1 Å². The second-order valence-electron chi connectivity index (χ2n) is 9.41. The summed E-state index contributed by atoms with van der Waals surface area (Å²) >= 11 is 0. The molecule has 0 amide bonds. The van der Waals surface area contributed by atoms with Gasteiger partial charge in [0.1, 0.15) is 23.5 Å². The zero-order valence-electron chi connectivity index (χ0n) is 20.7. The fraction of sp³-hybridized carbons (Fsp3) is 0.214. The monoisotopic (exact) mass is 510 g/mol. The molecule has 10 heteroatoms. The lowest BCUT2D eigenvalue weighted by molar-refractivity contribution is 0.245. The lowest BCUT2D eigenvalue weighted by Gasteiger charge is -2.35. The molecule has 0 N–H and O–H groups in total. The predicted molar refractivity (Wildman–Crippen MR) is 139 cm³/mol. The number of anilines is 1. The van der Waals surface area contributed by atoms with E-state index in [1.165, 1.54) is 12.1 Å². The molecule has 1 saturated heterocycles. The van der Waals surface area contributed by atoms with E-state index >= 15 is 0 Å². The highest BCUT2D eigenvalue weighted by Gasteiger charge is 2.20. The topological polar surface area (TPSA) is 78.3 Å². The first-order valence-corrected chi connectivity index (χ1v) is 12.3. The Bertz CT molecular complexity index is 1660. The largest absolute Gasteiger partial charge is 0.354 e. The Balaban J connectivity index is 1.23. The molecule has 5 aromatic rings. The van der Waals surface area contributed by atoms with E-state index in [1.807, 2.05) is 43.8 Å². The number of nitrogens with zero attached hydrogens (tertiary/aromatic N) is 8. The van der Waals surface area contributed by atoms with Crippen LogP contribution >= 0.6 is 0 Å². The smallest absolute Gasteiger partial charge is 0.128 e. The van der Waals surface area contributed by atoms with E-state index in [-0.39, 0.29) is 5.82 Å². The molecule has 190 valence electrons. The van der Waals surface area contributed by atoms with Gasteiger partial charge in [-0.05, 0) is 36.4 Å². The number of nitriles is 1. The average Bonchev–Trinajstić information content (AvgIpc) is 3.57. The molecule has 38 heavy (non-hydrogen) atoms. The molecule has 0 aliphatic carbocycles. The van der Waals surface area contributed by atoms with Crippen LogP contribution in [0.15, 0.2) is 67.4 Å². The zero-order valence-corrected chi connectivity index (χ0v) is 20.7. The summed E-state index contributed by atoms with van der Waals surface area (Å²) in [5.74, 6) is 0.0368. The van der Waals surface area contributed by atoms with Gasteiger partial charge in [0.05, 0.1) is 23.5 Å². The first-order chi connectivity index (χ1) is 18.5. The molecule has 1 aromatic carbocycles. The van der Waals surface area contributed by atoms with Gasteiger partial charge in [-0.15, -0.1) is 0 Å². The number of hydrogen-bond donors (Lipinski definition) is 0. The average molecular weight is 511 g/mol. The van der Waals surface area contributed by atoms with Crippen LogP contribution in [0.4, 0.5) is 14.6 Å². The summed E-state index contributed by atoms with van der Waals surface area (Å²) in [6, 6.07) is 11.8. The van der Waals surface area contributed by atoms with Crippen molar-refractivity contribution in [3.05, 3.63) is 90.1 Å². The number of piperazine rings is 1. The summed E-state index contributed by atoms with van der Waals surface area (Å²) in [7, 11) is 1.87. The van der Waals surface area contributed by atoms with E-state index in [0.29, 0.717) is 30.8 Å². The van der Waals surface area contributed by atoms with Crippen LogP contribution in [-0.4, -0.2) is 55.5 Å². The van der Waals surface area contributed by atoms with Crippen LogP contribution in [-0.2, 0) is 13.6 Å². The SMILES string of the molecule is Cn1cc(-c2cc(-c3ccc(N4CCN(Cc5cc(F)ccc5F)CC4)nc3)c3c(C#N)cnn3c2)cn1. The molecule has 0 radical (unpaired) electrons. The van der Waals surface area contributed by atoms with Crippen molar-refractivity contribution in [2.24, 2.45) is 7.05 Å². The summed E-state index contributed by atoms with van der Waals surface area (Å²) in [6.07, 6.45) is 9.02. The summed E-state index contributed by atoms with van der Waals surface area (Å²) in [4.78, 5) is 9.04. The maximum absolute atomic E-state index is 14.0. The Hall–Kier alpha value is -4.62. The molecule has 0 bridgehead atoms. The number of fused-ring (bicyclic) bond motifs is 1. The maximum Gasteiger partial charge on any atom is 0.128 e. The second-order valence-corrected chi connectivity index (χ2v) is 9.41. The molecule has 0 spiro atoms. The van der Waals surface area contributed by atoms with Crippen molar-refractivity contribution >= 4 is 11.3 Å². The van der Waals surface area contributed by atoms with Crippen LogP contribution in [0.2, 0.25) is 0 Å². The molecule has 8 nitrogen and oxygen atoms in total. The van der Waals surface area contributed by atoms with Crippen LogP contribution < -0.4 is 4.90 Å². The van der Waals surface area contributed by atoms with Crippen LogP contribution in [0.25, 0.3) is 27.8 Å². The Morgan fingerprint density at radius 1 is 0.895 bits per heavy atom. The summed E-state index contributed by atoms with van der Waals surface area (Å²) < 4.78 is 31.1. The van der Waals surface area contributed by atoms with Crippen molar-refractivity contribution in [1.82, 2.24) is 29.3 Å². The number of pyridine rings is 2. The Labute approximate surface area is 218 Å². The van der Waals surface area contributed by atoms with Crippen molar-refractivity contribution in [3.63, 3.8) is 0 Å². The molecule has 0 unspecified atom stereocenters. The fourth-order valence-electron chi connectivity index (χ4n) is 4.92. The standard InChI is InChI=1S/C28H24F2N8/c1-35-16-23(15-33-35)20-11-25(28-22(12-31)14-34-38(28)18-20)19-2-5-27(32-13-19)37-8-6-36(7-9-37)17-21-10-24(29)3-4-26(21)30/h2-5,10-11,13-16,18H,6-9,17H2,1H3. The minimum atomic E-state index is -0.426. The van der Waals surface area contributed by atoms with E-state index in [2.05, 4.69) is 26.1 Å². The number of aromatic nitrogens is 5. The van der Waals surface area contributed by atoms with Crippen LogP contribution in [0.3, 0.4) is 0 Å². The maximum atomic E-state index is 14.0. The molecule has 6 rings (SSSR count). The van der Waals surface area contributed by atoms with Crippen LogP contribution in [0.1, 0.15) is 11.1 Å². The first-order valence-electron chi connectivity index (χ1n) is 12.3. The van der Waals surface area contributed by atoms with Gasteiger partial charge in [-0.3, -0.25) is 9.58 Å². The molecule has 0 atom stereocenters. The Morgan fingerprint density at radius 3 is 2.45 bits per heavy atom. The quantitative estimate of drug-likeness (QED) is 0.352. The van der Waals surface area contributed by atoms with Crippen molar-refractivity contribution in [1.29, 1.82) is 5.26 Å². The fourth-order valence-corrected chi connectivity index (χ4v) is 4.92. The summed E-state index contributed by atoms with van der Waals surface area (Å²) in [5.41, 5.74) is 5.22. The highest BCUT2D eigenvalue weighted by Crippen LogP contribution is 2.32. The lowest BCUT2D eigenvalue weighted by atomic mass is 10.0.